The van der Waals surface area contributed by atoms with Crippen LogP contribution < -0.4 is 4.74 Å². The normalized spacial score (nSPS) is 11.9. The van der Waals surface area contributed by atoms with Gasteiger partial charge in [-0.05, 0) is 24.6 Å². The Morgan fingerprint density at radius 2 is 1.88 bits per heavy atom. The van der Waals surface area contributed by atoms with Crippen molar-refractivity contribution >= 4 is 5.97 Å². The molecule has 4 nitrogen and oxygen atoms in total. The molecule has 1 aromatic rings. The summed E-state index contributed by atoms with van der Waals surface area (Å²) < 4.78 is 15.2. The second-order valence-electron chi connectivity index (χ2n) is 3.75. The molecule has 0 N–H and O–H groups in total. The smallest absolute Gasteiger partial charge is 0.308 e. The van der Waals surface area contributed by atoms with Crippen molar-refractivity contribution < 1.29 is 19.0 Å². The van der Waals surface area contributed by atoms with E-state index in [1.54, 1.807) is 7.11 Å². The number of hydrogen-bond acceptors (Lipinski definition) is 4. The molecule has 94 valence electrons. The molecule has 0 radical (unpaired) electrons. The maximum Gasteiger partial charge on any atom is 0.308 e. The minimum atomic E-state index is -0.257. The fraction of sp³-hybridized carbons (Fsp3) is 0.462. The second kappa shape index (κ2) is 6.91. The summed E-state index contributed by atoms with van der Waals surface area (Å²) in [6.07, 6.45) is 0.122. The van der Waals surface area contributed by atoms with E-state index in [1.807, 2.05) is 31.2 Å². The van der Waals surface area contributed by atoms with Crippen molar-refractivity contribution in [1.82, 2.24) is 0 Å². The summed E-state index contributed by atoms with van der Waals surface area (Å²) in [7, 11) is 3.00. The number of methoxy groups -OCH3 is 2. The summed E-state index contributed by atoms with van der Waals surface area (Å²) in [6.45, 7) is 2.32. The van der Waals surface area contributed by atoms with Crippen LogP contribution in [-0.4, -0.2) is 26.3 Å². The maximum atomic E-state index is 11.0. The predicted molar refractivity (Wildman–Crippen MR) is 63.9 cm³/mol. The zero-order valence-corrected chi connectivity index (χ0v) is 10.4. The van der Waals surface area contributed by atoms with Gasteiger partial charge in [0.1, 0.15) is 5.75 Å². The average molecular weight is 238 g/mol. The molecule has 1 atom stereocenters. The minimum Gasteiger partial charge on any atom is -0.497 e. The van der Waals surface area contributed by atoms with Crippen LogP contribution in [0.5, 0.6) is 5.75 Å². The van der Waals surface area contributed by atoms with Crippen LogP contribution in [0.25, 0.3) is 0 Å². The van der Waals surface area contributed by atoms with E-state index in [0.29, 0.717) is 6.61 Å². The highest BCUT2D eigenvalue weighted by molar-refractivity contribution is 5.69. The largest absolute Gasteiger partial charge is 0.497 e. The molecule has 17 heavy (non-hydrogen) atoms. The molecule has 0 heterocycles. The first-order chi connectivity index (χ1) is 8.15. The van der Waals surface area contributed by atoms with E-state index in [1.165, 1.54) is 7.11 Å². The van der Waals surface area contributed by atoms with Crippen LogP contribution in [0.4, 0.5) is 0 Å². The third-order valence-electron chi connectivity index (χ3n) is 2.38. The lowest BCUT2D eigenvalue weighted by molar-refractivity contribution is -0.143. The first kappa shape index (κ1) is 13.5. The molecule has 1 rings (SSSR count). The number of carbonyl (C=O) groups excluding carboxylic acids is 1. The molecule has 0 bridgehead atoms. The van der Waals surface area contributed by atoms with Gasteiger partial charge in [-0.2, -0.15) is 0 Å². The van der Waals surface area contributed by atoms with Crippen molar-refractivity contribution in [3.63, 3.8) is 0 Å². The van der Waals surface area contributed by atoms with Gasteiger partial charge >= 0.3 is 5.97 Å². The number of ether oxygens (including phenoxy) is 3. The van der Waals surface area contributed by atoms with Gasteiger partial charge in [-0.15, -0.1) is 0 Å². The Labute approximate surface area is 101 Å². The molecule has 0 aliphatic heterocycles. The summed E-state index contributed by atoms with van der Waals surface area (Å²) in [6, 6.07) is 7.63. The monoisotopic (exact) mass is 238 g/mol. The van der Waals surface area contributed by atoms with Crippen LogP contribution >= 0.6 is 0 Å². The highest BCUT2D eigenvalue weighted by Crippen LogP contribution is 2.13. The summed E-state index contributed by atoms with van der Waals surface area (Å²) >= 11 is 0. The standard InChI is InChI=1S/C13H18O4/c1-10(8-13(14)16-3)17-9-11-4-6-12(15-2)7-5-11/h4-7,10H,8-9H2,1-3H3. The lowest BCUT2D eigenvalue weighted by Crippen LogP contribution is -2.15. The molecule has 0 aliphatic carbocycles. The SMILES string of the molecule is COC(=O)CC(C)OCc1ccc(OC)cc1. The summed E-state index contributed by atoms with van der Waals surface area (Å²) in [4.78, 5) is 11.0. The highest BCUT2D eigenvalue weighted by atomic mass is 16.5. The summed E-state index contributed by atoms with van der Waals surface area (Å²) in [5.41, 5.74) is 1.04. The van der Waals surface area contributed by atoms with Crippen molar-refractivity contribution in [2.45, 2.75) is 26.1 Å². The second-order valence-corrected chi connectivity index (χ2v) is 3.75. The fourth-order valence-corrected chi connectivity index (χ4v) is 1.34. The highest BCUT2D eigenvalue weighted by Gasteiger charge is 2.09. The van der Waals surface area contributed by atoms with Crippen LogP contribution in [0.3, 0.4) is 0 Å². The van der Waals surface area contributed by atoms with Gasteiger partial charge in [0.05, 0.1) is 33.4 Å². The Morgan fingerprint density at radius 3 is 2.41 bits per heavy atom. The van der Waals surface area contributed by atoms with Crippen LogP contribution in [0.1, 0.15) is 18.9 Å². The molecule has 0 aliphatic rings. The van der Waals surface area contributed by atoms with Crippen LogP contribution in [0.15, 0.2) is 24.3 Å². The molecular formula is C13H18O4. The van der Waals surface area contributed by atoms with E-state index in [2.05, 4.69) is 4.74 Å². The van der Waals surface area contributed by atoms with Gasteiger partial charge in [0.2, 0.25) is 0 Å². The fourth-order valence-electron chi connectivity index (χ4n) is 1.34. The van der Waals surface area contributed by atoms with E-state index in [0.717, 1.165) is 11.3 Å². The van der Waals surface area contributed by atoms with E-state index in [9.17, 15) is 4.79 Å². The lowest BCUT2D eigenvalue weighted by Gasteiger charge is -2.11. The Morgan fingerprint density at radius 1 is 1.24 bits per heavy atom. The van der Waals surface area contributed by atoms with Gasteiger partial charge in [0, 0.05) is 0 Å². The number of rotatable bonds is 6. The number of esters is 1. The Hall–Kier alpha value is -1.55. The van der Waals surface area contributed by atoms with Gasteiger partial charge in [-0.1, -0.05) is 12.1 Å². The van der Waals surface area contributed by atoms with Gasteiger partial charge in [-0.3, -0.25) is 4.79 Å². The topological polar surface area (TPSA) is 44.8 Å². The molecule has 0 fully saturated rings. The zero-order chi connectivity index (χ0) is 12.7. The van der Waals surface area contributed by atoms with Gasteiger partial charge in [0.25, 0.3) is 0 Å². The molecule has 0 aromatic heterocycles. The van der Waals surface area contributed by atoms with Crippen molar-refractivity contribution in [1.29, 1.82) is 0 Å². The van der Waals surface area contributed by atoms with Gasteiger partial charge in [-0.25, -0.2) is 0 Å². The molecule has 0 amide bonds. The molecule has 0 saturated carbocycles. The molecule has 1 aromatic carbocycles. The molecule has 0 spiro atoms. The zero-order valence-electron chi connectivity index (χ0n) is 10.4. The van der Waals surface area contributed by atoms with E-state index >= 15 is 0 Å². The third-order valence-corrected chi connectivity index (χ3v) is 2.38. The van der Waals surface area contributed by atoms with E-state index in [4.69, 9.17) is 9.47 Å². The minimum absolute atomic E-state index is 0.149. The summed E-state index contributed by atoms with van der Waals surface area (Å²) in [5.74, 6) is 0.559. The molecule has 4 heteroatoms. The van der Waals surface area contributed by atoms with Crippen LogP contribution in [0.2, 0.25) is 0 Å². The van der Waals surface area contributed by atoms with Crippen molar-refractivity contribution in [2.24, 2.45) is 0 Å². The number of hydrogen-bond donors (Lipinski definition) is 0. The van der Waals surface area contributed by atoms with Crippen molar-refractivity contribution in [3.05, 3.63) is 29.8 Å². The van der Waals surface area contributed by atoms with Gasteiger partial charge in [0.15, 0.2) is 0 Å². The molecule has 0 saturated heterocycles. The molecular weight excluding hydrogens is 220 g/mol. The Balaban J connectivity index is 2.36. The predicted octanol–water partition coefficient (Wildman–Crippen LogP) is 2.16. The first-order valence-electron chi connectivity index (χ1n) is 5.47. The van der Waals surface area contributed by atoms with E-state index in [-0.39, 0.29) is 18.5 Å². The van der Waals surface area contributed by atoms with E-state index < -0.39 is 0 Å². The summed E-state index contributed by atoms with van der Waals surface area (Å²) in [5, 5.41) is 0. The van der Waals surface area contributed by atoms with Crippen LogP contribution in [0, 0.1) is 0 Å². The molecule has 1 unspecified atom stereocenters. The van der Waals surface area contributed by atoms with Crippen LogP contribution in [-0.2, 0) is 20.9 Å². The first-order valence-corrected chi connectivity index (χ1v) is 5.47. The van der Waals surface area contributed by atoms with Gasteiger partial charge < -0.3 is 14.2 Å². The Bertz CT molecular complexity index is 345. The average Bonchev–Trinajstić information content (AvgIpc) is 2.36. The van der Waals surface area contributed by atoms with Crippen molar-refractivity contribution in [2.75, 3.05) is 14.2 Å². The quantitative estimate of drug-likeness (QED) is 0.712. The lowest BCUT2D eigenvalue weighted by atomic mass is 10.2. The van der Waals surface area contributed by atoms with Crippen molar-refractivity contribution in [3.8, 4) is 5.75 Å². The number of benzene rings is 1. The third kappa shape index (κ3) is 4.87. The number of carbonyl (C=O) groups is 1. The Kier molecular flexibility index (Phi) is 5.49. The maximum absolute atomic E-state index is 11.0.